The SMILES string of the molecule is C=I(Cc1ccc(C)c(N)c1N)=IC. The maximum atomic E-state index is 5.97. The van der Waals surface area contributed by atoms with Crippen molar-refractivity contribution in [1.82, 2.24) is 0 Å². The molecule has 0 aliphatic heterocycles. The molecule has 1 aromatic carbocycles. The normalized spacial score (nSPS) is 13.6. The molecule has 0 saturated carbocycles. The van der Waals surface area contributed by atoms with Gasteiger partial charge in [0, 0.05) is 4.43 Å². The van der Waals surface area contributed by atoms with E-state index in [1.54, 1.807) is 0 Å². The van der Waals surface area contributed by atoms with Gasteiger partial charge in [0.1, 0.15) is 0 Å². The minimum Gasteiger partial charge on any atom is -0.397 e. The van der Waals surface area contributed by atoms with E-state index >= 15 is 0 Å². The van der Waals surface area contributed by atoms with Crippen molar-refractivity contribution in [3.63, 3.8) is 0 Å². The Morgan fingerprint density at radius 3 is 2.57 bits per heavy atom. The fourth-order valence-electron chi connectivity index (χ4n) is 1.11. The number of benzene rings is 1. The molecular formula is C10H16I2N2. The molecule has 1 rings (SSSR count). The molecule has 0 saturated heterocycles. The van der Waals surface area contributed by atoms with Crippen LogP contribution in [0, 0.1) is 6.92 Å². The molecule has 0 spiro atoms. The van der Waals surface area contributed by atoms with E-state index < -0.39 is 14.7 Å². The summed E-state index contributed by atoms with van der Waals surface area (Å²) in [6.45, 7) is 1.99. The van der Waals surface area contributed by atoms with Crippen molar-refractivity contribution in [2.45, 2.75) is 11.4 Å². The number of halogens is 2. The van der Waals surface area contributed by atoms with Gasteiger partial charge in [-0.15, -0.1) is 14.7 Å². The average molecular weight is 418 g/mol. The predicted octanol–water partition coefficient (Wildman–Crippen LogP) is 3.11. The zero-order valence-electron chi connectivity index (χ0n) is 8.48. The van der Waals surface area contributed by atoms with Gasteiger partial charge in [0.05, 0.1) is 11.4 Å². The lowest BCUT2D eigenvalue weighted by atomic mass is 10.1. The number of alkyl halides is 2. The van der Waals surface area contributed by atoms with Crippen LogP contribution in [0.4, 0.5) is 11.4 Å². The van der Waals surface area contributed by atoms with Gasteiger partial charge in [0.2, 0.25) is 0 Å². The van der Waals surface area contributed by atoms with Gasteiger partial charge < -0.3 is 11.5 Å². The van der Waals surface area contributed by atoms with Crippen LogP contribution in [0.3, 0.4) is 0 Å². The second-order valence-electron chi connectivity index (χ2n) is 3.04. The first-order valence-electron chi connectivity index (χ1n) is 4.15. The van der Waals surface area contributed by atoms with Gasteiger partial charge in [-0.2, -0.15) is 0 Å². The number of nitrogen functional groups attached to an aromatic ring is 2. The Morgan fingerprint density at radius 2 is 2.00 bits per heavy atom. The zero-order valence-corrected chi connectivity index (χ0v) is 12.8. The minimum absolute atomic E-state index is 0.337. The molecule has 1 aromatic rings. The molecule has 0 aliphatic carbocycles. The van der Waals surface area contributed by atoms with Gasteiger partial charge in [0.25, 0.3) is 0 Å². The van der Waals surface area contributed by atoms with E-state index in [9.17, 15) is 0 Å². The lowest BCUT2D eigenvalue weighted by Crippen LogP contribution is -2.00. The van der Waals surface area contributed by atoms with E-state index in [0.29, 0.717) is 16.6 Å². The van der Waals surface area contributed by atoms with Crippen LogP contribution in [0.2, 0.25) is 0 Å². The molecule has 0 aromatic heterocycles. The molecule has 0 unspecified atom stereocenters. The Hall–Kier alpha value is 0.150. The monoisotopic (exact) mass is 418 g/mol. The third-order valence-electron chi connectivity index (χ3n) is 2.09. The van der Waals surface area contributed by atoms with Crippen LogP contribution in [0.5, 0.6) is 0 Å². The van der Waals surface area contributed by atoms with Gasteiger partial charge in [-0.25, -0.2) is 0 Å². The molecule has 0 bridgehead atoms. The summed E-state index contributed by atoms with van der Waals surface area (Å²) in [5, 5.41) is 0. The van der Waals surface area contributed by atoms with E-state index in [4.69, 9.17) is 11.5 Å². The van der Waals surface area contributed by atoms with Crippen molar-refractivity contribution in [2.24, 2.45) is 0 Å². The molecule has 0 atom stereocenters. The Labute approximate surface area is 97.3 Å². The highest BCUT2D eigenvalue weighted by Gasteiger charge is 2.04. The first-order valence-corrected chi connectivity index (χ1v) is 15.6. The molecule has 0 amide bonds. The molecule has 0 aliphatic rings. The summed E-state index contributed by atoms with van der Waals surface area (Å²) < 4.78 is 5.37. The Bertz CT molecular complexity index is 418. The summed E-state index contributed by atoms with van der Waals surface area (Å²) >= 11 is -0.574. The van der Waals surface area contributed by atoms with Crippen molar-refractivity contribution < 1.29 is 0 Å². The van der Waals surface area contributed by atoms with Gasteiger partial charge in [-0.1, -0.05) is 33.2 Å². The highest BCUT2D eigenvalue weighted by Crippen LogP contribution is 2.32. The summed E-state index contributed by atoms with van der Waals surface area (Å²) in [4.78, 5) is 2.31. The van der Waals surface area contributed by atoms with E-state index in [2.05, 4.69) is 21.6 Å². The van der Waals surface area contributed by atoms with E-state index in [1.807, 2.05) is 6.92 Å². The van der Waals surface area contributed by atoms with E-state index in [-0.39, 0.29) is 0 Å². The number of aryl methyl sites for hydroxylation is 1. The first kappa shape index (κ1) is 12.2. The van der Waals surface area contributed by atoms with Crippen LogP contribution >= 0.6 is 31.3 Å². The fourth-order valence-corrected chi connectivity index (χ4v) is 6.98. The molecule has 0 radical (unpaired) electrons. The maximum Gasteiger partial charge on any atom is 0.0590 e. The molecule has 4 heteroatoms. The van der Waals surface area contributed by atoms with E-state index in [0.717, 1.165) is 21.4 Å². The number of hydrogen-bond acceptors (Lipinski definition) is 2. The quantitative estimate of drug-likeness (QED) is 0.441. The van der Waals surface area contributed by atoms with Crippen LogP contribution < -0.4 is 11.5 Å². The maximum absolute atomic E-state index is 5.97. The molecule has 0 heterocycles. The lowest BCUT2D eigenvalue weighted by Gasteiger charge is -2.09. The van der Waals surface area contributed by atoms with Gasteiger partial charge >= 0.3 is 0 Å². The van der Waals surface area contributed by atoms with Crippen LogP contribution in [-0.2, 0) is 4.43 Å². The molecular weight excluding hydrogens is 402 g/mol. The van der Waals surface area contributed by atoms with Gasteiger partial charge in [-0.05, 0) is 23.0 Å². The van der Waals surface area contributed by atoms with Crippen molar-refractivity contribution in [3.05, 3.63) is 23.3 Å². The summed E-state index contributed by atoms with van der Waals surface area (Å²) in [5.41, 5.74) is 15.7. The third-order valence-corrected chi connectivity index (χ3v) is 14.6. The highest BCUT2D eigenvalue weighted by atomic mass is 128. The van der Waals surface area contributed by atoms with Crippen molar-refractivity contribution in [3.8, 4) is 0 Å². The summed E-state index contributed by atoms with van der Waals surface area (Å²) in [7, 11) is 0. The van der Waals surface area contributed by atoms with Gasteiger partial charge in [-0.3, -0.25) is 0 Å². The standard InChI is InChI=1S/C10H16I2N2/c1-7-4-5-8(6-12(3)11-2)10(14)9(7)13/h4-5H,3,6,13-14H2,1-2H3. The summed E-state index contributed by atoms with van der Waals surface area (Å²) in [6, 6.07) is 4.16. The topological polar surface area (TPSA) is 52.0 Å². The van der Waals surface area contributed by atoms with Crippen LogP contribution in [-0.4, -0.2) is 9.45 Å². The van der Waals surface area contributed by atoms with Crippen molar-refractivity contribution >= 4 is 47.2 Å². The fraction of sp³-hybridized carbons (Fsp3) is 0.300. The van der Waals surface area contributed by atoms with Crippen LogP contribution in [0.1, 0.15) is 11.1 Å². The predicted molar refractivity (Wildman–Crippen MR) is 84.8 cm³/mol. The average Bonchev–Trinajstić information content (AvgIpc) is 2.19. The lowest BCUT2D eigenvalue weighted by molar-refractivity contribution is 1.39. The Balaban J connectivity index is 3.12. The van der Waals surface area contributed by atoms with Crippen molar-refractivity contribution in [1.29, 1.82) is 0 Å². The molecule has 14 heavy (non-hydrogen) atoms. The first-order chi connectivity index (χ1) is 6.56. The van der Waals surface area contributed by atoms with Gasteiger partial charge in [0.15, 0.2) is 0 Å². The number of hydrogen-bond donors (Lipinski definition) is 2. The molecule has 2 nitrogen and oxygen atoms in total. The second-order valence-corrected chi connectivity index (χ2v) is 20.1. The second kappa shape index (κ2) is 5.29. The van der Waals surface area contributed by atoms with Crippen LogP contribution in [0.15, 0.2) is 12.1 Å². The largest absolute Gasteiger partial charge is 0.397 e. The highest BCUT2D eigenvalue weighted by molar-refractivity contribution is 14.8. The number of nitrogens with two attached hydrogens (primary N) is 2. The summed E-state index contributed by atoms with van der Waals surface area (Å²) in [5.74, 6) is 0. The van der Waals surface area contributed by atoms with Crippen LogP contribution in [0.25, 0.3) is 0 Å². The molecule has 80 valence electrons. The zero-order chi connectivity index (χ0) is 10.7. The minimum atomic E-state index is -0.911. The molecule has 0 fully saturated rings. The Morgan fingerprint density at radius 1 is 1.36 bits per heavy atom. The number of anilines is 2. The number of rotatable bonds is 2. The smallest absolute Gasteiger partial charge is 0.0590 e. The van der Waals surface area contributed by atoms with Crippen molar-refractivity contribution in [2.75, 3.05) is 16.4 Å². The summed E-state index contributed by atoms with van der Waals surface area (Å²) in [6.07, 6.45) is 0. The molecule has 4 N–H and O–H groups in total. The van der Waals surface area contributed by atoms with E-state index in [1.165, 1.54) is 5.56 Å². The third kappa shape index (κ3) is 2.82. The Kier molecular flexibility index (Phi) is 4.62.